The quantitative estimate of drug-likeness (QED) is 0.0359. The average molecular weight is 789 g/mol. The molecule has 0 saturated carbocycles. The van der Waals surface area contributed by atoms with E-state index < -0.39 is 90.7 Å². The molecule has 0 spiro atoms. The van der Waals surface area contributed by atoms with Gasteiger partial charge in [0.05, 0.1) is 5.69 Å². The Morgan fingerprint density at radius 2 is 1.59 bits per heavy atom. The van der Waals surface area contributed by atoms with Crippen LogP contribution in [-0.4, -0.2) is 143 Å². The summed E-state index contributed by atoms with van der Waals surface area (Å²) < 4.78 is 15.5. The number of nitrogens with zero attached hydrogens (tertiary/aromatic N) is 1. The molecule has 22 heteroatoms. The summed E-state index contributed by atoms with van der Waals surface area (Å²) in [6, 6.07) is 1.28. The maximum Gasteiger partial charge on any atom is 0.335 e. The number of carbonyl (C=O) groups is 8. The second kappa shape index (κ2) is 21.0. The van der Waals surface area contributed by atoms with Crippen LogP contribution in [0.5, 0.6) is 5.75 Å². The smallest absolute Gasteiger partial charge is 0.335 e. The average Bonchev–Trinajstić information content (AvgIpc) is 3.47. The molecule has 0 bridgehead atoms. The normalized spacial score (nSPS) is 21.6. The molecule has 2 aliphatic heterocycles. The van der Waals surface area contributed by atoms with Crippen LogP contribution in [0.25, 0.3) is 0 Å². The Morgan fingerprint density at radius 1 is 0.929 bits per heavy atom. The van der Waals surface area contributed by atoms with Crippen LogP contribution < -0.4 is 31.7 Å². The number of nitrogens with one attached hydrogen (secondary N) is 4. The molecule has 0 unspecified atom stereocenters. The lowest BCUT2D eigenvalue weighted by atomic mass is 9.99. The van der Waals surface area contributed by atoms with E-state index >= 15 is 0 Å². The Kier molecular flexibility index (Phi) is 16.9. The van der Waals surface area contributed by atoms with Crippen LogP contribution in [0.15, 0.2) is 30.4 Å². The molecule has 2 aliphatic rings. The summed E-state index contributed by atoms with van der Waals surface area (Å²) in [4.78, 5) is 99.3. The maximum atomic E-state index is 13.3. The van der Waals surface area contributed by atoms with Crippen molar-refractivity contribution in [2.45, 2.75) is 88.9 Å². The number of imide groups is 1. The number of ether oxygens (including phenoxy) is 3. The standard InChI is InChI=1S/C34H45BN6O15/c1-16(2)29(48)37-11-4-3-5-18(40-31(50)20(14-36)41-23(43)8-9-24(41)44)30(49)38-12-10-22(42)39-19-13-17(15-54-34(35)53)6-7-21(19)55-33-27(47)25(45)26(46)28(56-33)32(51)52/h6-9,13,16,18,20,25-28,33,45-47H,3-5,10-12,14-15,36H2,1-2H3,(H,37,48)(H,38,49)(H,39,42)(H,40,50)(H,51,52)/t18-,20-,25-,26-,27+,28-,33+/m0/s1. The topological polar surface area (TPSA) is 323 Å². The summed E-state index contributed by atoms with van der Waals surface area (Å²) in [5.74, 6) is -7.21. The number of aliphatic hydroxyl groups is 3. The molecule has 21 nitrogen and oxygen atoms in total. The molecule has 6 amide bonds. The number of aliphatic hydroxyl groups excluding tert-OH is 3. The van der Waals surface area contributed by atoms with Crippen molar-refractivity contribution in [2.24, 2.45) is 11.7 Å². The fourth-order valence-corrected chi connectivity index (χ4v) is 5.41. The van der Waals surface area contributed by atoms with Crippen molar-refractivity contribution in [2.75, 3.05) is 25.0 Å². The first-order chi connectivity index (χ1) is 26.4. The number of carboxylic acid groups (broad SMARTS) is 1. The van der Waals surface area contributed by atoms with Gasteiger partial charge in [0.25, 0.3) is 11.8 Å². The Morgan fingerprint density at radius 3 is 2.20 bits per heavy atom. The molecule has 10 N–H and O–H groups in total. The van der Waals surface area contributed by atoms with E-state index in [1.165, 1.54) is 18.2 Å². The fraction of sp³-hybridized carbons (Fsp3) is 0.529. The van der Waals surface area contributed by atoms with Crippen LogP contribution in [0.3, 0.4) is 0 Å². The predicted octanol–water partition coefficient (Wildman–Crippen LogP) is -3.11. The third-order valence-electron chi connectivity index (χ3n) is 8.46. The van der Waals surface area contributed by atoms with E-state index in [0.29, 0.717) is 24.3 Å². The molecule has 2 heterocycles. The number of carboxylic acids is 1. The Hall–Kier alpha value is -5.42. The van der Waals surface area contributed by atoms with Gasteiger partial charge in [-0.05, 0) is 37.0 Å². The molecule has 1 aromatic rings. The van der Waals surface area contributed by atoms with Crippen molar-refractivity contribution in [3.63, 3.8) is 0 Å². The second-order valence-corrected chi connectivity index (χ2v) is 13.0. The van der Waals surface area contributed by atoms with Crippen molar-refractivity contribution in [1.29, 1.82) is 0 Å². The third kappa shape index (κ3) is 12.6. The number of unbranched alkanes of at least 4 members (excludes halogenated alkanes) is 1. The molecular weight excluding hydrogens is 743 g/mol. The first-order valence-electron chi connectivity index (χ1n) is 17.5. The van der Waals surface area contributed by atoms with E-state index in [9.17, 15) is 58.8 Å². The van der Waals surface area contributed by atoms with Gasteiger partial charge in [0.1, 0.15) is 42.8 Å². The van der Waals surface area contributed by atoms with Crippen LogP contribution in [0.4, 0.5) is 10.5 Å². The highest BCUT2D eigenvalue weighted by Crippen LogP contribution is 2.31. The number of carbonyl (C=O) groups excluding carboxylic acids is 7. The molecule has 1 saturated heterocycles. The minimum Gasteiger partial charge on any atom is -0.479 e. The fourth-order valence-electron chi connectivity index (χ4n) is 5.41. The zero-order valence-electron chi connectivity index (χ0n) is 30.5. The van der Waals surface area contributed by atoms with Gasteiger partial charge in [0.2, 0.25) is 43.6 Å². The lowest BCUT2D eigenvalue weighted by molar-refractivity contribution is -0.271. The number of anilines is 1. The molecule has 0 aliphatic carbocycles. The van der Waals surface area contributed by atoms with Gasteiger partial charge >= 0.3 is 5.97 Å². The van der Waals surface area contributed by atoms with Crippen LogP contribution in [0.1, 0.15) is 45.1 Å². The summed E-state index contributed by atoms with van der Waals surface area (Å²) in [5.41, 5.74) is 5.89. The summed E-state index contributed by atoms with van der Waals surface area (Å²) >= 11 is 0. The van der Waals surface area contributed by atoms with Crippen molar-refractivity contribution in [3.05, 3.63) is 35.9 Å². The largest absolute Gasteiger partial charge is 0.479 e. The molecule has 2 radical (unpaired) electrons. The van der Waals surface area contributed by atoms with Crippen LogP contribution in [0.2, 0.25) is 0 Å². The highest BCUT2D eigenvalue weighted by molar-refractivity contribution is 6.55. The van der Waals surface area contributed by atoms with Crippen LogP contribution in [0, 0.1) is 5.92 Å². The first-order valence-corrected chi connectivity index (χ1v) is 17.5. The molecule has 0 aromatic heterocycles. The zero-order valence-corrected chi connectivity index (χ0v) is 30.5. The third-order valence-corrected chi connectivity index (χ3v) is 8.46. The molecule has 56 heavy (non-hydrogen) atoms. The minimum atomic E-state index is -1.99. The molecule has 7 atom stereocenters. The number of nitrogens with two attached hydrogens (primary N) is 1. The first kappa shape index (κ1) is 45.0. The Bertz CT molecular complexity index is 1660. The number of rotatable bonds is 20. The van der Waals surface area contributed by atoms with E-state index in [1.54, 1.807) is 13.8 Å². The minimum absolute atomic E-state index is 0.0587. The molecule has 3 rings (SSSR count). The lowest BCUT2D eigenvalue weighted by Gasteiger charge is -2.38. The molecular formula is C34H45BN6O15. The summed E-state index contributed by atoms with van der Waals surface area (Å²) in [6.45, 7) is 2.68. The van der Waals surface area contributed by atoms with Gasteiger partial charge in [-0.2, -0.15) is 0 Å². The van der Waals surface area contributed by atoms with E-state index in [4.69, 9.17) is 27.8 Å². The number of amides is 6. The van der Waals surface area contributed by atoms with Crippen LogP contribution >= 0.6 is 0 Å². The second-order valence-electron chi connectivity index (χ2n) is 13.0. The van der Waals surface area contributed by atoms with E-state index in [1.807, 2.05) is 0 Å². The van der Waals surface area contributed by atoms with E-state index in [2.05, 4.69) is 21.3 Å². The van der Waals surface area contributed by atoms with Crippen molar-refractivity contribution >= 4 is 60.8 Å². The highest BCUT2D eigenvalue weighted by atomic mass is 16.7. The Labute approximate surface area is 321 Å². The van der Waals surface area contributed by atoms with Crippen molar-refractivity contribution in [3.8, 4) is 5.75 Å². The van der Waals surface area contributed by atoms with Crippen LogP contribution in [-0.2, 0) is 49.6 Å². The zero-order chi connectivity index (χ0) is 41.7. The number of hydrogen-bond donors (Lipinski definition) is 9. The van der Waals surface area contributed by atoms with E-state index in [-0.39, 0.29) is 54.8 Å². The van der Waals surface area contributed by atoms with Gasteiger partial charge in [0.15, 0.2) is 6.10 Å². The van der Waals surface area contributed by atoms with Gasteiger partial charge in [-0.15, -0.1) is 0 Å². The molecule has 304 valence electrons. The summed E-state index contributed by atoms with van der Waals surface area (Å²) in [5, 5.41) is 50.3. The maximum absolute atomic E-state index is 13.3. The van der Waals surface area contributed by atoms with Crippen molar-refractivity contribution < 1.29 is 73.0 Å². The lowest BCUT2D eigenvalue weighted by Crippen LogP contribution is -2.61. The van der Waals surface area contributed by atoms with Gasteiger partial charge < -0.3 is 61.6 Å². The molecule has 1 aromatic carbocycles. The Balaban J connectivity index is 1.70. The molecule has 1 fully saturated rings. The SMILES string of the molecule is [B]C(=O)OCc1ccc(O[C@@H]2O[C@H](C(=O)O)[C@@H](O)[C@H](O)[C@H]2O)c(NC(=O)CCNC(=O)[C@H](CCCCNC(=O)C(C)C)NC(=O)[C@H](CN)N2C(=O)C=CC2=O)c1. The van der Waals surface area contributed by atoms with Crippen molar-refractivity contribution in [1.82, 2.24) is 20.9 Å². The van der Waals surface area contributed by atoms with Gasteiger partial charge in [0, 0.05) is 44.1 Å². The monoisotopic (exact) mass is 788 g/mol. The predicted molar refractivity (Wildman–Crippen MR) is 191 cm³/mol. The van der Waals surface area contributed by atoms with Gasteiger partial charge in [-0.1, -0.05) is 19.9 Å². The summed E-state index contributed by atoms with van der Waals surface area (Å²) in [6.07, 6.45) is -7.31. The number of hydrogen-bond acceptors (Lipinski definition) is 15. The number of aliphatic carboxylic acids is 1. The number of benzene rings is 1. The van der Waals surface area contributed by atoms with E-state index in [0.717, 1.165) is 12.2 Å². The van der Waals surface area contributed by atoms with Gasteiger partial charge in [-0.3, -0.25) is 38.5 Å². The highest BCUT2D eigenvalue weighted by Gasteiger charge is 2.48. The van der Waals surface area contributed by atoms with Gasteiger partial charge in [-0.25, -0.2) is 4.79 Å². The summed E-state index contributed by atoms with van der Waals surface area (Å²) in [7, 11) is 5.04.